The Morgan fingerprint density at radius 1 is 1.59 bits per heavy atom. The fraction of sp³-hybridized carbons (Fsp3) is 0.556. The molecule has 2 unspecified atom stereocenters. The van der Waals surface area contributed by atoms with Crippen molar-refractivity contribution >= 4 is 0 Å². The molecule has 2 aliphatic heterocycles. The van der Waals surface area contributed by atoms with Gasteiger partial charge in [0.15, 0.2) is 11.5 Å². The molecule has 5 atom stereocenters. The molecule has 0 saturated carbocycles. The van der Waals surface area contributed by atoms with Gasteiger partial charge in [0, 0.05) is 29.7 Å². The van der Waals surface area contributed by atoms with Crippen LogP contribution in [0, 0.1) is 5.89 Å². The van der Waals surface area contributed by atoms with Crippen LogP contribution in [0.4, 0.5) is 0 Å². The summed E-state index contributed by atoms with van der Waals surface area (Å²) in [5, 5.41) is 4.73. The number of ether oxygens (including phenoxy) is 2. The van der Waals surface area contributed by atoms with Gasteiger partial charge in [0.25, 0.3) is 0 Å². The fourth-order valence-corrected chi connectivity index (χ4v) is 4.36. The maximum atomic E-state index is 9.49. The largest absolute Gasteiger partial charge is 0.493 e. The van der Waals surface area contributed by atoms with Crippen LogP contribution in [0.15, 0.2) is 24.2 Å². The van der Waals surface area contributed by atoms with Crippen LogP contribution in [0.25, 0.3) is 0 Å². The number of nitrogens with zero attached hydrogens (tertiary/aromatic N) is 1. The Kier molecular flexibility index (Phi) is 1.28. The summed E-state index contributed by atoms with van der Waals surface area (Å²) in [5.41, 5.74) is -0.775. The summed E-state index contributed by atoms with van der Waals surface area (Å²) >= 11 is 0. The van der Waals surface area contributed by atoms with Gasteiger partial charge in [-0.25, -0.2) is 0 Å². The molecule has 1 aromatic carbocycles. The maximum Gasteiger partial charge on any atom is 0.211 e. The van der Waals surface area contributed by atoms with Crippen molar-refractivity contribution in [1.82, 2.24) is 4.90 Å². The normalized spacial score (nSPS) is 57.5. The highest BCUT2D eigenvalue weighted by Gasteiger charge is 2.64. The lowest BCUT2D eigenvalue weighted by molar-refractivity contribution is -0.0453. The zero-order chi connectivity index (χ0) is 22.8. The number of piperidine rings is 1. The van der Waals surface area contributed by atoms with Crippen LogP contribution in [0.5, 0.6) is 11.5 Å². The van der Waals surface area contributed by atoms with Crippen LogP contribution >= 0.6 is 0 Å². The number of methoxy groups -OCH3 is 1. The number of rotatable bonds is 2. The average Bonchev–Trinajstić information content (AvgIpc) is 3.03. The van der Waals surface area contributed by atoms with Gasteiger partial charge in [0.2, 0.25) is 1.43 Å². The highest BCUT2D eigenvalue weighted by atomic mass is 16.5. The van der Waals surface area contributed by atoms with Crippen molar-refractivity contribution in [3.05, 3.63) is 35.4 Å². The van der Waals surface area contributed by atoms with Crippen LogP contribution in [-0.2, 0) is 11.8 Å². The van der Waals surface area contributed by atoms with Crippen molar-refractivity contribution in [1.29, 1.82) is 1.43 Å². The quantitative estimate of drug-likeness (QED) is 0.841. The summed E-state index contributed by atoms with van der Waals surface area (Å²) in [6, 6.07) is -2.52. The van der Waals surface area contributed by atoms with Gasteiger partial charge in [0.1, 0.15) is 12.2 Å². The first kappa shape index (κ1) is 6.93. The minimum atomic E-state index is -2.67. The number of likely N-dealkylation sites (N-methyl/N-ethyl adjacent to an activating group) is 1. The molecule has 1 N–H and O–H groups in total. The third kappa shape index (κ3) is 1.28. The van der Waals surface area contributed by atoms with E-state index in [0.717, 1.165) is 4.90 Å². The number of hydrogen-bond donors (Lipinski definition) is 1. The van der Waals surface area contributed by atoms with Gasteiger partial charge in [-0.3, -0.25) is 0 Å². The summed E-state index contributed by atoms with van der Waals surface area (Å²) in [5.74, 6) is -1.78. The second kappa shape index (κ2) is 4.06. The molecular formula is C18H21NO3. The smallest absolute Gasteiger partial charge is 0.211 e. The predicted octanol–water partition coefficient (Wildman–Crippen LogP) is 1.50. The summed E-state index contributed by atoms with van der Waals surface area (Å²) in [6.45, 7) is -2.74. The van der Waals surface area contributed by atoms with Crippen molar-refractivity contribution < 1.29 is 25.5 Å². The van der Waals surface area contributed by atoms with Gasteiger partial charge in [-0.1, -0.05) is 18.2 Å². The first-order valence-corrected chi connectivity index (χ1v) is 7.32. The third-order valence-electron chi connectivity index (χ3n) is 5.26. The lowest BCUT2D eigenvalue weighted by Crippen LogP contribution is -2.64. The lowest BCUT2D eigenvalue weighted by atomic mass is 9.53. The van der Waals surface area contributed by atoms with E-state index in [4.69, 9.17) is 24.2 Å². The first-order chi connectivity index (χ1) is 14.3. The highest BCUT2D eigenvalue weighted by Crippen LogP contribution is 2.62. The van der Waals surface area contributed by atoms with Crippen molar-refractivity contribution in [3.63, 3.8) is 0 Å². The van der Waals surface area contributed by atoms with Crippen LogP contribution in [0.3, 0.4) is 0 Å². The lowest BCUT2D eigenvalue weighted by Gasteiger charge is -2.56. The fourth-order valence-electron chi connectivity index (χ4n) is 4.36. The Morgan fingerprint density at radius 3 is 3.36 bits per heavy atom. The molecule has 2 heterocycles. The van der Waals surface area contributed by atoms with Crippen molar-refractivity contribution in [3.8, 4) is 11.5 Å². The highest BCUT2D eigenvalue weighted by molar-refractivity contribution is 5.62. The molecule has 1 spiro atoms. The summed E-state index contributed by atoms with van der Waals surface area (Å²) in [6.07, 6.45) is -1.06. The molecule has 4 aliphatic rings. The van der Waals surface area contributed by atoms with Crippen LogP contribution in [0.1, 0.15) is 28.5 Å². The second-order valence-electron chi connectivity index (χ2n) is 6.11. The summed E-state index contributed by atoms with van der Waals surface area (Å²) < 4.78 is 87.4. The standard InChI is InChI=1S/C18H21NO3/c1-19-8-7-18-11-4-5-13(20)17(18)22-16-14(21-2)6-3-10(15(16)18)9-12(11)19/h3-6,11-13,17,20H,7-9H2,1-2H3/t11-,12+,13?,17?,18-/m0/s1/i1D3,3D,6D,11D,12D,13D,20D. The number of aliphatic hydroxyl groups is 1. The first-order valence-electron chi connectivity index (χ1n) is 11.7. The van der Waals surface area contributed by atoms with E-state index in [1.54, 1.807) is 0 Å². The molecule has 0 radical (unpaired) electrons. The van der Waals surface area contributed by atoms with E-state index in [1.807, 2.05) is 0 Å². The molecule has 4 nitrogen and oxygen atoms in total. The average molecular weight is 308 g/mol. The van der Waals surface area contributed by atoms with E-state index in [-0.39, 0.29) is 48.5 Å². The maximum absolute atomic E-state index is 9.49. The Bertz CT molecular complexity index is 1030. The molecule has 2 bridgehead atoms. The number of benzene rings is 1. The van der Waals surface area contributed by atoms with E-state index in [2.05, 4.69) is 0 Å². The third-order valence-corrected chi connectivity index (χ3v) is 5.26. The Hall–Kier alpha value is -1.52. The van der Waals surface area contributed by atoms with E-state index >= 15 is 0 Å². The monoisotopic (exact) mass is 308 g/mol. The number of likely N-dealkylation sites (tertiary alicyclic amines) is 1. The molecule has 0 amide bonds. The molecule has 2 aliphatic carbocycles. The van der Waals surface area contributed by atoms with Crippen molar-refractivity contribution in [2.45, 2.75) is 36.5 Å². The Labute approximate surface area is 143 Å². The minimum Gasteiger partial charge on any atom is -0.493 e. The van der Waals surface area contributed by atoms with E-state index in [9.17, 15) is 2.74 Å². The zero-order valence-electron chi connectivity index (χ0n) is 21.0. The van der Waals surface area contributed by atoms with Crippen molar-refractivity contribution in [2.24, 2.45) is 5.89 Å². The van der Waals surface area contributed by atoms with Gasteiger partial charge in [-0.05, 0) is 38.0 Å². The molecule has 5 rings (SSSR count). The van der Waals surface area contributed by atoms with Gasteiger partial charge >= 0.3 is 0 Å². The predicted molar refractivity (Wildman–Crippen MR) is 82.5 cm³/mol. The minimum absolute atomic E-state index is 0.0158. The van der Waals surface area contributed by atoms with E-state index in [0.29, 0.717) is 5.56 Å². The molecule has 1 saturated heterocycles. The van der Waals surface area contributed by atoms with Crippen LogP contribution < -0.4 is 9.47 Å². The molecule has 116 valence electrons. The van der Waals surface area contributed by atoms with E-state index < -0.39 is 36.5 Å². The summed E-state index contributed by atoms with van der Waals surface area (Å²) in [4.78, 5) is 0.992. The molecule has 4 heteroatoms. The van der Waals surface area contributed by atoms with Crippen LogP contribution in [-0.4, -0.2) is 50.3 Å². The molecule has 1 aromatic rings. The second-order valence-corrected chi connectivity index (χ2v) is 6.11. The van der Waals surface area contributed by atoms with Gasteiger partial charge in [-0.15, -0.1) is 0 Å². The number of hydrogen-bond acceptors (Lipinski definition) is 4. The summed E-state index contributed by atoms with van der Waals surface area (Å²) in [7, 11) is 1.33. The van der Waals surface area contributed by atoms with Gasteiger partial charge in [0.05, 0.1) is 11.2 Å². The van der Waals surface area contributed by atoms with E-state index in [1.165, 1.54) is 19.3 Å². The zero-order valence-corrected chi connectivity index (χ0v) is 12.0. The SMILES string of the molecule is [2H]OC1([2H])C=C[C@]2([2H])[C@@]34CCN(C([2H])([2H])[2H])[C@]2([2H])Cc2c([2H])c([2H])c(OC)c(c23)OC14. The Balaban J connectivity index is 1.93. The van der Waals surface area contributed by atoms with Gasteiger partial charge in [-0.2, -0.15) is 0 Å². The van der Waals surface area contributed by atoms with Crippen LogP contribution in [0.2, 0.25) is 0 Å². The van der Waals surface area contributed by atoms with Gasteiger partial charge < -0.3 is 19.5 Å². The molecule has 0 aromatic heterocycles. The topological polar surface area (TPSA) is 41.9 Å². The van der Waals surface area contributed by atoms with Crippen molar-refractivity contribution in [2.75, 3.05) is 20.6 Å². The molecular weight excluding hydrogens is 278 g/mol. The molecule has 22 heavy (non-hydrogen) atoms. The molecule has 1 fully saturated rings. The Morgan fingerprint density at radius 2 is 2.55 bits per heavy atom.